The molecule has 0 spiro atoms. The topological polar surface area (TPSA) is 261 Å². The van der Waals surface area contributed by atoms with Crippen molar-refractivity contribution in [1.82, 2.24) is 16.0 Å². The highest BCUT2D eigenvalue weighted by molar-refractivity contribution is 5.86. The van der Waals surface area contributed by atoms with Crippen LogP contribution in [0.5, 0.6) is 0 Å². The molecule has 0 radical (unpaired) electrons. The van der Waals surface area contributed by atoms with Crippen LogP contribution >= 0.6 is 0 Å². The summed E-state index contributed by atoms with van der Waals surface area (Å²) >= 11 is 0. The molecular weight excluding hydrogens is 496 g/mol. The first-order valence-corrected chi connectivity index (χ1v) is 10.9. The molecule has 0 saturated carbocycles. The minimum atomic E-state index is -1.41. The van der Waals surface area contributed by atoms with Crippen LogP contribution in [0.1, 0.15) is 18.4 Å². The maximum atomic E-state index is 12.1. The fourth-order valence-corrected chi connectivity index (χ4v) is 2.88. The lowest BCUT2D eigenvalue weighted by Gasteiger charge is -2.16. The van der Waals surface area contributed by atoms with Gasteiger partial charge in [0.1, 0.15) is 6.04 Å². The maximum Gasteiger partial charge on any atom is 0.405 e. The van der Waals surface area contributed by atoms with E-state index in [0.717, 1.165) is 6.07 Å². The Morgan fingerprint density at radius 2 is 1.78 bits per heavy atom. The molecule has 0 heterocycles. The van der Waals surface area contributed by atoms with Gasteiger partial charge in [-0.2, -0.15) is 0 Å². The molecule has 202 valence electrons. The van der Waals surface area contributed by atoms with Crippen LogP contribution in [0.3, 0.4) is 0 Å². The number of hydrogen-bond acceptors (Lipinski definition) is 9. The molecule has 1 unspecified atom stereocenters. The second kappa shape index (κ2) is 17.0. The van der Waals surface area contributed by atoms with E-state index in [1.807, 2.05) is 5.32 Å². The molecule has 37 heavy (non-hydrogen) atoms. The molecule has 1 aromatic rings. The number of nitrogens with zero attached hydrogens (tertiary/aromatic N) is 4. The number of benzene rings is 1. The molecule has 17 heteroatoms. The summed E-state index contributed by atoms with van der Waals surface area (Å²) in [7, 11) is 0. The monoisotopic (exact) mass is 524 g/mol. The average molecular weight is 524 g/mol. The first-order chi connectivity index (χ1) is 17.6. The second-order valence-electron chi connectivity index (χ2n) is 7.31. The van der Waals surface area contributed by atoms with Gasteiger partial charge in [0.05, 0.1) is 37.8 Å². The van der Waals surface area contributed by atoms with Gasteiger partial charge in [0.15, 0.2) is 0 Å². The van der Waals surface area contributed by atoms with Crippen LogP contribution in [0.25, 0.3) is 10.4 Å². The van der Waals surface area contributed by atoms with Gasteiger partial charge in [0.25, 0.3) is 5.69 Å². The third kappa shape index (κ3) is 13.3. The Kier molecular flexibility index (Phi) is 14.1. The Bertz CT molecular complexity index is 1010. The number of hydrogen-bond donors (Lipinski definition) is 5. The van der Waals surface area contributed by atoms with Gasteiger partial charge < -0.3 is 36.3 Å². The van der Waals surface area contributed by atoms with Gasteiger partial charge in [-0.05, 0) is 12.0 Å². The predicted molar refractivity (Wildman–Crippen MR) is 127 cm³/mol. The number of nitrogens with two attached hydrogens (primary N) is 1. The first-order valence-electron chi connectivity index (χ1n) is 10.9. The van der Waals surface area contributed by atoms with Gasteiger partial charge in [-0.25, -0.2) is 4.79 Å². The van der Waals surface area contributed by atoms with Crippen molar-refractivity contribution in [3.63, 3.8) is 0 Å². The Hall–Kier alpha value is -4.47. The molecule has 1 aromatic carbocycles. The Morgan fingerprint density at radius 3 is 2.35 bits per heavy atom. The number of nitrogens with one attached hydrogen (secondary N) is 3. The van der Waals surface area contributed by atoms with Crippen LogP contribution in [-0.2, 0) is 30.3 Å². The summed E-state index contributed by atoms with van der Waals surface area (Å²) in [5.74, 6) is -1.73. The SMILES string of the molecule is [N-]=[N+]=Nc1ccc(CC(=O)NCCOCCOCCNC(=O)C(CCC(N)=O)NC(=O)O)c([N+](=O)[O-])c1. The van der Waals surface area contributed by atoms with E-state index in [2.05, 4.69) is 20.7 Å². The molecule has 4 amide bonds. The van der Waals surface area contributed by atoms with Crippen molar-refractivity contribution < 1.29 is 38.7 Å². The van der Waals surface area contributed by atoms with Gasteiger partial charge in [0.2, 0.25) is 17.7 Å². The van der Waals surface area contributed by atoms with Crippen LogP contribution in [0, 0.1) is 10.1 Å². The summed E-state index contributed by atoms with van der Waals surface area (Å²) in [4.78, 5) is 58.7. The molecule has 0 aliphatic heterocycles. The van der Waals surface area contributed by atoms with Gasteiger partial charge in [-0.1, -0.05) is 17.2 Å². The van der Waals surface area contributed by atoms with E-state index in [1.165, 1.54) is 12.1 Å². The number of carboxylic acid groups (broad SMARTS) is 1. The van der Waals surface area contributed by atoms with Crippen molar-refractivity contribution in [1.29, 1.82) is 0 Å². The second-order valence-corrected chi connectivity index (χ2v) is 7.31. The van der Waals surface area contributed by atoms with Crippen LogP contribution < -0.4 is 21.7 Å². The molecule has 6 N–H and O–H groups in total. The summed E-state index contributed by atoms with van der Waals surface area (Å²) in [6.45, 7) is 0.914. The molecule has 1 atom stereocenters. The van der Waals surface area contributed by atoms with Crippen molar-refractivity contribution >= 4 is 35.2 Å². The molecule has 0 bridgehead atoms. The van der Waals surface area contributed by atoms with Crippen molar-refractivity contribution in [2.75, 3.05) is 39.5 Å². The number of azide groups is 1. The molecule has 0 aliphatic carbocycles. The predicted octanol–water partition coefficient (Wildman–Crippen LogP) is 0.246. The Morgan fingerprint density at radius 1 is 1.14 bits per heavy atom. The molecule has 0 aliphatic rings. The Balaban J connectivity index is 2.20. The number of nitro benzene ring substituents is 1. The van der Waals surface area contributed by atoms with Gasteiger partial charge in [-0.15, -0.1) is 0 Å². The smallest absolute Gasteiger partial charge is 0.405 e. The fourth-order valence-electron chi connectivity index (χ4n) is 2.88. The zero-order valence-electron chi connectivity index (χ0n) is 19.8. The van der Waals surface area contributed by atoms with E-state index in [-0.39, 0.29) is 75.7 Å². The molecular formula is C20H28N8O9. The molecule has 17 nitrogen and oxygen atoms in total. The highest BCUT2D eigenvalue weighted by Crippen LogP contribution is 2.25. The number of nitro groups is 1. The molecule has 1 rings (SSSR count). The summed E-state index contributed by atoms with van der Waals surface area (Å²) in [6.07, 6.45) is -1.87. The van der Waals surface area contributed by atoms with Crippen LogP contribution in [-0.4, -0.2) is 79.4 Å². The van der Waals surface area contributed by atoms with E-state index in [9.17, 15) is 29.3 Å². The number of amides is 4. The van der Waals surface area contributed by atoms with Crippen molar-refractivity contribution in [3.8, 4) is 0 Å². The van der Waals surface area contributed by atoms with Gasteiger partial charge in [-0.3, -0.25) is 24.5 Å². The molecule has 0 saturated heterocycles. The van der Waals surface area contributed by atoms with Crippen molar-refractivity contribution in [2.24, 2.45) is 10.8 Å². The van der Waals surface area contributed by atoms with Gasteiger partial charge in [0, 0.05) is 41.7 Å². The van der Waals surface area contributed by atoms with Crippen LogP contribution in [0.15, 0.2) is 23.3 Å². The first kappa shape index (κ1) is 30.6. The minimum Gasteiger partial charge on any atom is -0.465 e. The van der Waals surface area contributed by atoms with Crippen molar-refractivity contribution in [2.45, 2.75) is 25.3 Å². The number of carbonyl (C=O) groups is 4. The lowest BCUT2D eigenvalue weighted by Crippen LogP contribution is -2.47. The van der Waals surface area contributed by atoms with E-state index in [1.54, 1.807) is 0 Å². The number of primary amides is 1. The van der Waals surface area contributed by atoms with Gasteiger partial charge >= 0.3 is 6.09 Å². The minimum absolute atomic E-state index is 0.0657. The number of ether oxygens (including phenoxy) is 2. The normalized spacial score (nSPS) is 11.0. The highest BCUT2D eigenvalue weighted by Gasteiger charge is 2.20. The lowest BCUT2D eigenvalue weighted by atomic mass is 10.1. The van der Waals surface area contributed by atoms with Crippen molar-refractivity contribution in [3.05, 3.63) is 44.3 Å². The summed E-state index contributed by atoms with van der Waals surface area (Å²) < 4.78 is 10.6. The quantitative estimate of drug-likeness (QED) is 0.0439. The zero-order chi connectivity index (χ0) is 27.6. The van der Waals surface area contributed by atoms with Crippen LogP contribution in [0.2, 0.25) is 0 Å². The fraction of sp³-hybridized carbons (Fsp3) is 0.500. The summed E-state index contributed by atoms with van der Waals surface area (Å²) in [5, 5.41) is 30.3. The third-order valence-corrected chi connectivity index (χ3v) is 4.56. The molecule has 0 fully saturated rings. The average Bonchev–Trinajstić information content (AvgIpc) is 2.83. The zero-order valence-corrected chi connectivity index (χ0v) is 19.8. The Labute approximate surface area is 210 Å². The summed E-state index contributed by atoms with van der Waals surface area (Å²) in [5.41, 5.74) is 13.3. The third-order valence-electron chi connectivity index (χ3n) is 4.56. The van der Waals surface area contributed by atoms with E-state index >= 15 is 0 Å². The van der Waals surface area contributed by atoms with E-state index in [0.29, 0.717) is 0 Å². The largest absolute Gasteiger partial charge is 0.465 e. The standard InChI is InChI=1S/C20H28N8O9/c21-17(29)4-3-15(25-20(32)33)19(31)24-6-8-37-10-9-36-7-5-23-18(30)11-13-1-2-14(26-27-22)12-16(13)28(34)35/h1-2,12,15,25H,3-11H2,(H2,21,29)(H,23,30)(H,24,31)(H,32,33). The molecule has 0 aromatic heterocycles. The number of rotatable bonds is 18. The lowest BCUT2D eigenvalue weighted by molar-refractivity contribution is -0.385. The van der Waals surface area contributed by atoms with Crippen LogP contribution in [0.4, 0.5) is 16.2 Å². The highest BCUT2D eigenvalue weighted by atomic mass is 16.6. The van der Waals surface area contributed by atoms with E-state index < -0.39 is 34.8 Å². The summed E-state index contributed by atoms with van der Waals surface area (Å²) in [6, 6.07) is 2.69. The number of carbonyl (C=O) groups excluding carboxylic acids is 3. The maximum absolute atomic E-state index is 12.1. The van der Waals surface area contributed by atoms with E-state index in [4.69, 9.17) is 25.8 Å².